The number of carboxylic acids is 1. The number of nitrogens with one attached hydrogen (secondary N) is 1. The molecule has 0 saturated carbocycles. The number of rotatable bonds is 3. The summed E-state index contributed by atoms with van der Waals surface area (Å²) in [5, 5.41) is 12.0. The minimum Gasteiger partial charge on any atom is -0.478 e. The largest absolute Gasteiger partial charge is 0.478 e. The molecule has 0 aliphatic carbocycles. The molecule has 0 spiro atoms. The van der Waals surface area contributed by atoms with Crippen molar-refractivity contribution in [1.82, 2.24) is 0 Å². The van der Waals surface area contributed by atoms with E-state index in [2.05, 4.69) is 5.32 Å². The van der Waals surface area contributed by atoms with Crippen molar-refractivity contribution in [1.29, 1.82) is 0 Å². The third-order valence-corrected chi connectivity index (χ3v) is 2.79. The number of hydrogen-bond acceptors (Lipinski definition) is 3. The van der Waals surface area contributed by atoms with E-state index in [1.807, 2.05) is 0 Å². The molecule has 2 aromatic carbocycles. The molecule has 0 heterocycles. The van der Waals surface area contributed by atoms with Gasteiger partial charge in [-0.3, -0.25) is 0 Å². The monoisotopic (exact) mass is 260 g/mol. The van der Waals surface area contributed by atoms with Crippen LogP contribution in [0.15, 0.2) is 36.4 Å². The van der Waals surface area contributed by atoms with Crippen molar-refractivity contribution < 1.29 is 14.3 Å². The Hall–Kier alpha value is -2.56. The number of nitrogens with two attached hydrogens (primary N) is 1. The minimum atomic E-state index is -1.09. The number of carboxylic acid groups (broad SMARTS) is 1. The van der Waals surface area contributed by atoms with Gasteiger partial charge in [0.2, 0.25) is 0 Å². The molecule has 4 N–H and O–H groups in total. The van der Waals surface area contributed by atoms with E-state index in [-0.39, 0.29) is 17.1 Å². The summed E-state index contributed by atoms with van der Waals surface area (Å²) in [5.41, 5.74) is 7.84. The van der Waals surface area contributed by atoms with Crippen LogP contribution in [0.3, 0.4) is 0 Å². The van der Waals surface area contributed by atoms with Gasteiger partial charge >= 0.3 is 5.97 Å². The number of para-hydroxylation sites is 1. The van der Waals surface area contributed by atoms with Crippen LogP contribution in [0.2, 0.25) is 0 Å². The molecular weight excluding hydrogens is 247 g/mol. The fraction of sp³-hybridized carbons (Fsp3) is 0.0714. The molecule has 19 heavy (non-hydrogen) atoms. The van der Waals surface area contributed by atoms with Gasteiger partial charge in [-0.15, -0.1) is 0 Å². The number of benzene rings is 2. The molecule has 0 saturated heterocycles. The summed E-state index contributed by atoms with van der Waals surface area (Å²) in [7, 11) is 0. The van der Waals surface area contributed by atoms with E-state index in [1.165, 1.54) is 18.2 Å². The van der Waals surface area contributed by atoms with Crippen LogP contribution in [0.1, 0.15) is 15.9 Å². The maximum Gasteiger partial charge on any atom is 0.337 e. The molecule has 0 atom stereocenters. The van der Waals surface area contributed by atoms with Gasteiger partial charge in [-0.05, 0) is 42.8 Å². The van der Waals surface area contributed by atoms with E-state index in [1.54, 1.807) is 25.1 Å². The number of hydrogen-bond donors (Lipinski definition) is 3. The van der Waals surface area contributed by atoms with Crippen molar-refractivity contribution >= 4 is 23.0 Å². The Labute approximate surface area is 109 Å². The van der Waals surface area contributed by atoms with Crippen molar-refractivity contribution in [3.63, 3.8) is 0 Å². The normalized spacial score (nSPS) is 10.2. The molecule has 2 rings (SSSR count). The number of carbonyl (C=O) groups is 1. The summed E-state index contributed by atoms with van der Waals surface area (Å²) in [6, 6.07) is 9.00. The first-order chi connectivity index (χ1) is 8.99. The van der Waals surface area contributed by atoms with Gasteiger partial charge in [0.05, 0.1) is 16.9 Å². The van der Waals surface area contributed by atoms with Crippen LogP contribution in [0.25, 0.3) is 0 Å². The van der Waals surface area contributed by atoms with Crippen LogP contribution < -0.4 is 11.1 Å². The zero-order valence-electron chi connectivity index (χ0n) is 10.3. The van der Waals surface area contributed by atoms with Gasteiger partial charge < -0.3 is 16.2 Å². The van der Waals surface area contributed by atoms with E-state index in [0.29, 0.717) is 16.9 Å². The third kappa shape index (κ3) is 2.65. The Bertz CT molecular complexity index is 641. The molecule has 0 aliphatic rings. The van der Waals surface area contributed by atoms with Crippen molar-refractivity contribution in [2.45, 2.75) is 6.92 Å². The lowest BCUT2D eigenvalue weighted by Gasteiger charge is -2.13. The second kappa shape index (κ2) is 4.97. The predicted molar refractivity (Wildman–Crippen MR) is 72.2 cm³/mol. The smallest absolute Gasteiger partial charge is 0.337 e. The standard InChI is InChI=1S/C14H13FN2O2/c1-8-7-9(15)5-6-11(8)17-12-4-2-3-10(13(12)16)14(18)19/h2-7,17H,16H2,1H3,(H,18,19). The maximum absolute atomic E-state index is 13.0. The van der Waals surface area contributed by atoms with Gasteiger partial charge in [0.15, 0.2) is 0 Å². The van der Waals surface area contributed by atoms with Crippen LogP contribution in [0.5, 0.6) is 0 Å². The van der Waals surface area contributed by atoms with E-state index in [0.717, 1.165) is 0 Å². The average molecular weight is 260 g/mol. The number of anilines is 3. The quantitative estimate of drug-likeness (QED) is 0.741. The summed E-state index contributed by atoms with van der Waals surface area (Å²) < 4.78 is 13.0. The minimum absolute atomic E-state index is 0.0322. The van der Waals surface area contributed by atoms with Crippen LogP contribution in [-0.4, -0.2) is 11.1 Å². The lowest BCUT2D eigenvalue weighted by atomic mass is 10.1. The molecule has 4 nitrogen and oxygen atoms in total. The second-order valence-electron chi connectivity index (χ2n) is 4.16. The van der Waals surface area contributed by atoms with E-state index in [4.69, 9.17) is 10.8 Å². The van der Waals surface area contributed by atoms with Gasteiger partial charge in [0, 0.05) is 5.69 Å². The fourth-order valence-electron chi connectivity index (χ4n) is 1.77. The van der Waals surface area contributed by atoms with Crippen LogP contribution in [-0.2, 0) is 0 Å². The first kappa shape index (κ1) is 12.9. The third-order valence-electron chi connectivity index (χ3n) is 2.79. The SMILES string of the molecule is Cc1cc(F)ccc1Nc1cccc(C(=O)O)c1N. The van der Waals surface area contributed by atoms with Gasteiger partial charge in [-0.25, -0.2) is 9.18 Å². The summed E-state index contributed by atoms with van der Waals surface area (Å²) in [4.78, 5) is 11.0. The van der Waals surface area contributed by atoms with E-state index >= 15 is 0 Å². The molecule has 0 bridgehead atoms. The van der Waals surface area contributed by atoms with Crippen molar-refractivity contribution in [3.05, 3.63) is 53.3 Å². The topological polar surface area (TPSA) is 75.3 Å². The molecule has 0 unspecified atom stereocenters. The summed E-state index contributed by atoms with van der Waals surface area (Å²) in [5.74, 6) is -1.41. The Balaban J connectivity index is 2.38. The first-order valence-electron chi connectivity index (χ1n) is 5.64. The van der Waals surface area contributed by atoms with E-state index in [9.17, 15) is 9.18 Å². The van der Waals surface area contributed by atoms with Crippen molar-refractivity contribution in [2.75, 3.05) is 11.1 Å². The highest BCUT2D eigenvalue weighted by atomic mass is 19.1. The summed E-state index contributed by atoms with van der Waals surface area (Å²) in [6.07, 6.45) is 0. The summed E-state index contributed by atoms with van der Waals surface area (Å²) in [6.45, 7) is 1.75. The van der Waals surface area contributed by atoms with Gasteiger partial charge in [-0.2, -0.15) is 0 Å². The highest BCUT2D eigenvalue weighted by molar-refractivity contribution is 5.97. The molecule has 0 aromatic heterocycles. The molecule has 0 amide bonds. The average Bonchev–Trinajstić information content (AvgIpc) is 2.34. The van der Waals surface area contributed by atoms with Crippen LogP contribution >= 0.6 is 0 Å². The lowest BCUT2D eigenvalue weighted by Crippen LogP contribution is -2.05. The Morgan fingerprint density at radius 2 is 2.00 bits per heavy atom. The number of aryl methyl sites for hydroxylation is 1. The summed E-state index contributed by atoms with van der Waals surface area (Å²) >= 11 is 0. The zero-order valence-corrected chi connectivity index (χ0v) is 10.3. The predicted octanol–water partition coefficient (Wildman–Crippen LogP) is 3.16. The fourth-order valence-corrected chi connectivity index (χ4v) is 1.77. The Kier molecular flexibility index (Phi) is 3.37. The van der Waals surface area contributed by atoms with Crippen molar-refractivity contribution in [2.24, 2.45) is 0 Å². The zero-order chi connectivity index (χ0) is 14.0. The van der Waals surface area contributed by atoms with E-state index < -0.39 is 5.97 Å². The molecular formula is C14H13FN2O2. The first-order valence-corrected chi connectivity index (χ1v) is 5.64. The molecule has 2 aromatic rings. The van der Waals surface area contributed by atoms with Gasteiger partial charge in [-0.1, -0.05) is 6.07 Å². The molecule has 5 heteroatoms. The Morgan fingerprint density at radius 1 is 1.26 bits per heavy atom. The second-order valence-corrected chi connectivity index (χ2v) is 4.16. The molecule has 0 aliphatic heterocycles. The highest BCUT2D eigenvalue weighted by Crippen LogP contribution is 2.28. The van der Waals surface area contributed by atoms with Crippen LogP contribution in [0, 0.1) is 12.7 Å². The molecule has 98 valence electrons. The maximum atomic E-state index is 13.0. The van der Waals surface area contributed by atoms with Gasteiger partial charge in [0.25, 0.3) is 0 Å². The lowest BCUT2D eigenvalue weighted by molar-refractivity contribution is 0.0698. The molecule has 0 fully saturated rings. The number of halogens is 1. The molecule has 0 radical (unpaired) electrons. The van der Waals surface area contributed by atoms with Crippen molar-refractivity contribution in [3.8, 4) is 0 Å². The highest BCUT2D eigenvalue weighted by Gasteiger charge is 2.11. The number of nitrogen functional groups attached to an aromatic ring is 1. The van der Waals surface area contributed by atoms with Crippen LogP contribution in [0.4, 0.5) is 21.5 Å². The number of aromatic carboxylic acids is 1. The Morgan fingerprint density at radius 3 is 2.63 bits per heavy atom. The van der Waals surface area contributed by atoms with Gasteiger partial charge in [0.1, 0.15) is 5.82 Å².